The lowest BCUT2D eigenvalue weighted by molar-refractivity contribution is 0.812. The zero-order chi connectivity index (χ0) is 6.53. The van der Waals surface area contributed by atoms with E-state index < -0.39 is 0 Å². The fourth-order valence-electron chi connectivity index (χ4n) is 1.13. The smallest absolute Gasteiger partial charge is 0.0314 e. The lowest BCUT2D eigenvalue weighted by atomic mass is 10.1. The van der Waals surface area contributed by atoms with Gasteiger partial charge in [0.2, 0.25) is 0 Å². The van der Waals surface area contributed by atoms with Crippen molar-refractivity contribution in [2.24, 2.45) is 0 Å². The van der Waals surface area contributed by atoms with E-state index in [1.165, 1.54) is 25.7 Å². The van der Waals surface area contributed by atoms with Crippen molar-refractivity contribution >= 4 is 0 Å². The van der Waals surface area contributed by atoms with Gasteiger partial charge in [-0.3, -0.25) is 0 Å². The molecule has 0 fully saturated rings. The van der Waals surface area contributed by atoms with Crippen LogP contribution in [0.15, 0.2) is 23.8 Å². The first-order chi connectivity index (χ1) is 4.43. The Labute approximate surface area is 57.3 Å². The summed E-state index contributed by atoms with van der Waals surface area (Å²) >= 11 is 0. The second-order valence-electron chi connectivity index (χ2n) is 2.50. The molecule has 0 aromatic heterocycles. The van der Waals surface area contributed by atoms with Crippen LogP contribution in [0.2, 0.25) is 0 Å². The molecule has 0 N–H and O–H groups in total. The van der Waals surface area contributed by atoms with Crippen LogP contribution in [0.3, 0.4) is 0 Å². The Hall–Kier alpha value is -0.520. The summed E-state index contributed by atoms with van der Waals surface area (Å²) in [4.78, 5) is 0. The number of hydrogen-bond donors (Lipinski definition) is 0. The highest BCUT2D eigenvalue weighted by atomic mass is 14.0. The molecule has 0 radical (unpaired) electrons. The molecule has 0 saturated heterocycles. The van der Waals surface area contributed by atoms with Crippen LogP contribution in [0, 0.1) is 0 Å². The predicted molar refractivity (Wildman–Crippen MR) is 41.4 cm³/mol. The minimum Gasteiger partial charge on any atom is -0.0845 e. The fourth-order valence-corrected chi connectivity index (χ4v) is 1.13. The fraction of sp³-hybridized carbons (Fsp3) is 0.556. The third kappa shape index (κ3) is 2.05. The predicted octanol–water partition coefficient (Wildman–Crippen LogP) is 3.06. The molecule has 0 atom stereocenters. The van der Waals surface area contributed by atoms with E-state index in [2.05, 4.69) is 25.2 Å². The molecule has 0 aromatic rings. The molecule has 0 aliphatic heterocycles. The Kier molecular flexibility index (Phi) is 2.56. The molecule has 9 heavy (non-hydrogen) atoms. The highest BCUT2D eigenvalue weighted by Crippen LogP contribution is 2.14. The summed E-state index contributed by atoms with van der Waals surface area (Å²) in [5, 5.41) is 0. The molecule has 0 nitrogen and oxygen atoms in total. The molecular formula is C9H14. The van der Waals surface area contributed by atoms with Crippen LogP contribution >= 0.6 is 0 Å². The second-order valence-corrected chi connectivity index (χ2v) is 2.50. The van der Waals surface area contributed by atoms with E-state index in [1.54, 1.807) is 5.57 Å². The zero-order valence-electron chi connectivity index (χ0n) is 6.06. The summed E-state index contributed by atoms with van der Waals surface area (Å²) in [6.45, 7) is 2.23. The van der Waals surface area contributed by atoms with Gasteiger partial charge < -0.3 is 0 Å². The normalized spacial score (nSPS) is 19.0. The van der Waals surface area contributed by atoms with Gasteiger partial charge >= 0.3 is 0 Å². The van der Waals surface area contributed by atoms with Crippen molar-refractivity contribution < 1.29 is 0 Å². The summed E-state index contributed by atoms with van der Waals surface area (Å²) < 4.78 is 0. The van der Waals surface area contributed by atoms with Crippen LogP contribution in [-0.4, -0.2) is 0 Å². The van der Waals surface area contributed by atoms with Crippen LogP contribution < -0.4 is 0 Å². The van der Waals surface area contributed by atoms with Crippen LogP contribution in [0.5, 0.6) is 0 Å². The summed E-state index contributed by atoms with van der Waals surface area (Å²) in [6, 6.07) is 0. The first kappa shape index (κ1) is 6.60. The van der Waals surface area contributed by atoms with Gasteiger partial charge in [-0.25, -0.2) is 0 Å². The van der Waals surface area contributed by atoms with Crippen LogP contribution in [-0.2, 0) is 0 Å². The molecule has 50 valence electrons. The molecule has 0 spiro atoms. The standard InChI is InChI=1S/C9H14/c1-2-9-7-5-3-4-6-8-9/h3,5,7H,2,4,6,8H2,1H3. The maximum Gasteiger partial charge on any atom is -0.0314 e. The van der Waals surface area contributed by atoms with Crippen molar-refractivity contribution in [3.05, 3.63) is 23.8 Å². The molecule has 0 heterocycles. The average molecular weight is 122 g/mol. The van der Waals surface area contributed by atoms with Crippen molar-refractivity contribution in [3.8, 4) is 0 Å². The summed E-state index contributed by atoms with van der Waals surface area (Å²) in [5.74, 6) is 0. The van der Waals surface area contributed by atoms with Gasteiger partial charge in [0.15, 0.2) is 0 Å². The van der Waals surface area contributed by atoms with Crippen molar-refractivity contribution in [2.75, 3.05) is 0 Å². The Morgan fingerprint density at radius 3 is 3.22 bits per heavy atom. The van der Waals surface area contributed by atoms with Gasteiger partial charge in [-0.15, -0.1) is 0 Å². The van der Waals surface area contributed by atoms with Gasteiger partial charge in [0.25, 0.3) is 0 Å². The quantitative estimate of drug-likeness (QED) is 0.501. The second kappa shape index (κ2) is 3.49. The maximum atomic E-state index is 2.26. The Morgan fingerprint density at radius 2 is 2.44 bits per heavy atom. The minimum atomic E-state index is 1.23. The van der Waals surface area contributed by atoms with Crippen molar-refractivity contribution in [1.29, 1.82) is 0 Å². The number of allylic oxidation sites excluding steroid dienone is 4. The van der Waals surface area contributed by atoms with Gasteiger partial charge in [-0.2, -0.15) is 0 Å². The Morgan fingerprint density at radius 1 is 1.56 bits per heavy atom. The van der Waals surface area contributed by atoms with Crippen molar-refractivity contribution in [3.63, 3.8) is 0 Å². The molecule has 1 rings (SSSR count). The highest BCUT2D eigenvalue weighted by molar-refractivity contribution is 5.14. The first-order valence-electron chi connectivity index (χ1n) is 3.78. The van der Waals surface area contributed by atoms with Gasteiger partial charge in [0, 0.05) is 0 Å². The van der Waals surface area contributed by atoms with Gasteiger partial charge in [-0.1, -0.05) is 30.7 Å². The summed E-state index contributed by atoms with van der Waals surface area (Å²) in [6.07, 6.45) is 11.8. The Balaban J connectivity index is 2.49. The summed E-state index contributed by atoms with van der Waals surface area (Å²) in [5.41, 5.74) is 1.60. The van der Waals surface area contributed by atoms with E-state index in [-0.39, 0.29) is 0 Å². The lowest BCUT2D eigenvalue weighted by Crippen LogP contribution is -1.77. The molecule has 0 amide bonds. The third-order valence-corrected chi connectivity index (χ3v) is 1.79. The Bertz CT molecular complexity index is 129. The molecule has 0 saturated carbocycles. The molecule has 1 aliphatic rings. The van der Waals surface area contributed by atoms with E-state index in [0.717, 1.165) is 0 Å². The van der Waals surface area contributed by atoms with Crippen LogP contribution in [0.1, 0.15) is 32.6 Å². The minimum absolute atomic E-state index is 1.23. The number of rotatable bonds is 1. The largest absolute Gasteiger partial charge is 0.0845 e. The molecule has 1 aliphatic carbocycles. The van der Waals surface area contributed by atoms with E-state index in [0.29, 0.717) is 0 Å². The lowest BCUT2D eigenvalue weighted by Gasteiger charge is -1.97. The van der Waals surface area contributed by atoms with Gasteiger partial charge in [-0.05, 0) is 25.7 Å². The van der Waals surface area contributed by atoms with Crippen molar-refractivity contribution in [1.82, 2.24) is 0 Å². The van der Waals surface area contributed by atoms with Crippen LogP contribution in [0.4, 0.5) is 0 Å². The average Bonchev–Trinajstić information content (AvgIpc) is 2.13. The van der Waals surface area contributed by atoms with Gasteiger partial charge in [0.05, 0.1) is 0 Å². The molecule has 0 bridgehead atoms. The zero-order valence-corrected chi connectivity index (χ0v) is 6.06. The maximum absolute atomic E-state index is 2.26. The SMILES string of the molecule is CCC1=CC=CCCC1. The van der Waals surface area contributed by atoms with E-state index in [9.17, 15) is 0 Å². The molecule has 0 aromatic carbocycles. The van der Waals surface area contributed by atoms with Gasteiger partial charge in [0.1, 0.15) is 0 Å². The van der Waals surface area contributed by atoms with E-state index in [4.69, 9.17) is 0 Å². The molecule has 0 unspecified atom stereocenters. The van der Waals surface area contributed by atoms with E-state index >= 15 is 0 Å². The van der Waals surface area contributed by atoms with Crippen molar-refractivity contribution in [2.45, 2.75) is 32.6 Å². The highest BCUT2D eigenvalue weighted by Gasteiger charge is 1.94. The molecular weight excluding hydrogens is 108 g/mol. The molecule has 0 heteroatoms. The third-order valence-electron chi connectivity index (χ3n) is 1.79. The monoisotopic (exact) mass is 122 g/mol. The first-order valence-corrected chi connectivity index (χ1v) is 3.78. The topological polar surface area (TPSA) is 0 Å². The van der Waals surface area contributed by atoms with Crippen LogP contribution in [0.25, 0.3) is 0 Å². The summed E-state index contributed by atoms with van der Waals surface area (Å²) in [7, 11) is 0. The van der Waals surface area contributed by atoms with E-state index in [1.807, 2.05) is 0 Å². The number of hydrogen-bond acceptors (Lipinski definition) is 0.